The van der Waals surface area contributed by atoms with Crippen molar-refractivity contribution in [1.82, 2.24) is 19.6 Å². The molecule has 0 amide bonds. The zero-order valence-corrected chi connectivity index (χ0v) is 13.9. The largest absolute Gasteiger partial charge is 0.497 e. The fourth-order valence-electron chi connectivity index (χ4n) is 2.87. The first-order valence-electron chi connectivity index (χ1n) is 7.84. The number of nitrogens with zero attached hydrogens (tertiary/aromatic N) is 3. The molecular formula is C19H16N4O2. The van der Waals surface area contributed by atoms with Crippen LogP contribution in [0.5, 0.6) is 5.75 Å². The molecule has 0 fully saturated rings. The molecule has 0 saturated heterocycles. The Labute approximate surface area is 143 Å². The lowest BCUT2D eigenvalue weighted by Crippen LogP contribution is -2.14. The van der Waals surface area contributed by atoms with E-state index in [0.29, 0.717) is 11.3 Å². The van der Waals surface area contributed by atoms with Crippen molar-refractivity contribution in [2.75, 3.05) is 7.11 Å². The number of aromatic nitrogens is 4. The second kappa shape index (κ2) is 5.90. The number of fused-ring (bicyclic) bond motifs is 1. The van der Waals surface area contributed by atoms with E-state index in [0.717, 1.165) is 28.1 Å². The predicted molar refractivity (Wildman–Crippen MR) is 95.8 cm³/mol. The van der Waals surface area contributed by atoms with Crippen molar-refractivity contribution in [3.8, 4) is 28.3 Å². The van der Waals surface area contributed by atoms with E-state index in [1.165, 1.54) is 10.6 Å². The van der Waals surface area contributed by atoms with Gasteiger partial charge in [-0.15, -0.1) is 0 Å². The second-order valence-electron chi connectivity index (χ2n) is 5.72. The van der Waals surface area contributed by atoms with Crippen LogP contribution in [0.3, 0.4) is 0 Å². The number of nitrogens with one attached hydrogen (secondary N) is 1. The Kier molecular flexibility index (Phi) is 3.57. The number of aromatic amines is 1. The molecule has 6 nitrogen and oxygen atoms in total. The zero-order chi connectivity index (χ0) is 17.4. The first kappa shape index (κ1) is 15.1. The molecule has 3 heterocycles. The second-order valence-corrected chi connectivity index (χ2v) is 5.72. The summed E-state index contributed by atoms with van der Waals surface area (Å²) in [4.78, 5) is 21.3. The molecule has 0 bridgehead atoms. The van der Waals surface area contributed by atoms with Crippen LogP contribution < -0.4 is 10.3 Å². The standard InChI is InChI=1S/C19H16N4O2/c1-12-18(13-5-3-7-15(9-13)25-2)22-23-17(24)10-16(21-19(12)23)14-6-4-8-20-11-14/h3-11,22H,1-2H3. The third-order valence-electron chi connectivity index (χ3n) is 4.17. The molecule has 0 saturated carbocycles. The lowest BCUT2D eigenvalue weighted by Gasteiger charge is -2.03. The van der Waals surface area contributed by atoms with Crippen LogP contribution >= 0.6 is 0 Å². The number of hydrogen-bond acceptors (Lipinski definition) is 4. The Bertz CT molecular complexity index is 1110. The summed E-state index contributed by atoms with van der Waals surface area (Å²) in [7, 11) is 1.63. The van der Waals surface area contributed by atoms with Crippen LogP contribution in [0.4, 0.5) is 0 Å². The molecule has 1 aromatic carbocycles. The van der Waals surface area contributed by atoms with Gasteiger partial charge >= 0.3 is 0 Å². The maximum absolute atomic E-state index is 12.5. The molecule has 0 aliphatic heterocycles. The van der Waals surface area contributed by atoms with Crippen molar-refractivity contribution in [3.63, 3.8) is 0 Å². The van der Waals surface area contributed by atoms with Crippen molar-refractivity contribution < 1.29 is 4.74 Å². The number of ether oxygens (including phenoxy) is 1. The highest BCUT2D eigenvalue weighted by Crippen LogP contribution is 2.27. The highest BCUT2D eigenvalue weighted by molar-refractivity contribution is 5.72. The van der Waals surface area contributed by atoms with E-state index in [1.54, 1.807) is 19.5 Å². The smallest absolute Gasteiger partial charge is 0.273 e. The molecule has 4 rings (SSSR count). The van der Waals surface area contributed by atoms with Crippen LogP contribution in [0, 0.1) is 6.92 Å². The minimum absolute atomic E-state index is 0.166. The minimum Gasteiger partial charge on any atom is -0.497 e. The van der Waals surface area contributed by atoms with Crippen LogP contribution in [0.1, 0.15) is 5.56 Å². The van der Waals surface area contributed by atoms with E-state index < -0.39 is 0 Å². The molecule has 25 heavy (non-hydrogen) atoms. The third-order valence-corrected chi connectivity index (χ3v) is 4.17. The summed E-state index contributed by atoms with van der Waals surface area (Å²) in [5.41, 5.74) is 4.53. The molecule has 0 atom stereocenters. The van der Waals surface area contributed by atoms with Gasteiger partial charge in [0, 0.05) is 35.2 Å². The van der Waals surface area contributed by atoms with Gasteiger partial charge in [-0.25, -0.2) is 9.50 Å². The SMILES string of the molecule is COc1cccc(-c2[nH]n3c(=O)cc(-c4cccnc4)nc3c2C)c1. The lowest BCUT2D eigenvalue weighted by molar-refractivity contribution is 0.415. The van der Waals surface area contributed by atoms with E-state index in [2.05, 4.69) is 15.1 Å². The van der Waals surface area contributed by atoms with Gasteiger partial charge in [0.15, 0.2) is 5.65 Å². The van der Waals surface area contributed by atoms with E-state index in [9.17, 15) is 4.79 Å². The Morgan fingerprint density at radius 1 is 1.12 bits per heavy atom. The van der Waals surface area contributed by atoms with Crippen molar-refractivity contribution >= 4 is 5.65 Å². The molecule has 124 valence electrons. The fourth-order valence-corrected chi connectivity index (χ4v) is 2.87. The van der Waals surface area contributed by atoms with Crippen molar-refractivity contribution in [3.05, 3.63) is 70.8 Å². The summed E-state index contributed by atoms with van der Waals surface area (Å²) in [5, 5.41) is 3.15. The van der Waals surface area contributed by atoms with Crippen molar-refractivity contribution in [1.29, 1.82) is 0 Å². The summed E-state index contributed by atoms with van der Waals surface area (Å²) in [5.74, 6) is 0.756. The third kappa shape index (κ3) is 2.57. The highest BCUT2D eigenvalue weighted by Gasteiger charge is 2.14. The number of aryl methyl sites for hydroxylation is 1. The van der Waals surface area contributed by atoms with E-state index in [1.807, 2.05) is 43.3 Å². The first-order chi connectivity index (χ1) is 12.2. The predicted octanol–water partition coefficient (Wildman–Crippen LogP) is 3.07. The van der Waals surface area contributed by atoms with Gasteiger partial charge in [-0.2, -0.15) is 0 Å². The van der Waals surface area contributed by atoms with E-state index in [4.69, 9.17) is 4.74 Å². The van der Waals surface area contributed by atoms with Gasteiger partial charge in [0.25, 0.3) is 5.56 Å². The molecule has 6 heteroatoms. The first-order valence-corrected chi connectivity index (χ1v) is 7.84. The minimum atomic E-state index is -0.166. The summed E-state index contributed by atoms with van der Waals surface area (Å²) in [6.07, 6.45) is 3.39. The molecule has 3 aromatic heterocycles. The number of pyridine rings is 1. The zero-order valence-electron chi connectivity index (χ0n) is 13.9. The monoisotopic (exact) mass is 332 g/mol. The maximum atomic E-state index is 12.5. The Morgan fingerprint density at radius 2 is 1.96 bits per heavy atom. The molecule has 0 aliphatic carbocycles. The Balaban J connectivity index is 1.93. The van der Waals surface area contributed by atoms with Gasteiger partial charge in [-0.05, 0) is 31.2 Å². The number of benzene rings is 1. The normalized spacial score (nSPS) is 11.0. The van der Waals surface area contributed by atoms with Crippen LogP contribution in [-0.2, 0) is 0 Å². The van der Waals surface area contributed by atoms with Gasteiger partial charge in [0.1, 0.15) is 5.75 Å². The molecule has 0 spiro atoms. The van der Waals surface area contributed by atoms with Crippen LogP contribution in [0.15, 0.2) is 59.7 Å². The molecule has 0 aliphatic rings. The van der Waals surface area contributed by atoms with E-state index in [-0.39, 0.29) is 5.56 Å². The van der Waals surface area contributed by atoms with Crippen molar-refractivity contribution in [2.24, 2.45) is 0 Å². The van der Waals surface area contributed by atoms with Gasteiger partial charge in [-0.1, -0.05) is 12.1 Å². The maximum Gasteiger partial charge on any atom is 0.273 e. The Morgan fingerprint density at radius 3 is 2.72 bits per heavy atom. The summed E-state index contributed by atoms with van der Waals surface area (Å²) < 4.78 is 6.75. The van der Waals surface area contributed by atoms with Crippen molar-refractivity contribution in [2.45, 2.75) is 6.92 Å². The average molecular weight is 332 g/mol. The topological polar surface area (TPSA) is 72.3 Å². The van der Waals surface area contributed by atoms with Crippen LogP contribution in [0.2, 0.25) is 0 Å². The van der Waals surface area contributed by atoms with Crippen LogP contribution in [0.25, 0.3) is 28.2 Å². The number of H-pyrrole nitrogens is 1. The van der Waals surface area contributed by atoms with Gasteiger partial charge < -0.3 is 4.74 Å². The molecular weight excluding hydrogens is 316 g/mol. The van der Waals surface area contributed by atoms with Gasteiger partial charge in [0.2, 0.25) is 0 Å². The summed E-state index contributed by atoms with van der Waals surface area (Å²) in [6.45, 7) is 1.94. The number of rotatable bonds is 3. The highest BCUT2D eigenvalue weighted by atomic mass is 16.5. The lowest BCUT2D eigenvalue weighted by atomic mass is 10.1. The summed E-state index contributed by atoms with van der Waals surface area (Å²) in [6, 6.07) is 12.9. The Hall–Kier alpha value is -3.41. The van der Waals surface area contributed by atoms with Crippen LogP contribution in [-0.4, -0.2) is 26.7 Å². The molecule has 0 radical (unpaired) electrons. The molecule has 4 aromatic rings. The summed E-state index contributed by atoms with van der Waals surface area (Å²) >= 11 is 0. The van der Waals surface area contributed by atoms with Gasteiger partial charge in [0.05, 0.1) is 18.5 Å². The molecule has 0 unspecified atom stereocenters. The van der Waals surface area contributed by atoms with E-state index >= 15 is 0 Å². The number of hydrogen-bond donors (Lipinski definition) is 1. The quantitative estimate of drug-likeness (QED) is 0.626. The molecule has 1 N–H and O–H groups in total. The number of methoxy groups -OCH3 is 1. The average Bonchev–Trinajstić information content (AvgIpc) is 3.00. The fraction of sp³-hybridized carbons (Fsp3) is 0.105. The van der Waals surface area contributed by atoms with Gasteiger partial charge in [-0.3, -0.25) is 14.9 Å².